The first-order valence-electron chi connectivity index (χ1n) is 6.17. The molecule has 2 unspecified atom stereocenters. The van der Waals surface area contributed by atoms with Crippen molar-refractivity contribution in [2.75, 3.05) is 6.61 Å². The van der Waals surface area contributed by atoms with Crippen LogP contribution in [0.15, 0.2) is 12.2 Å². The number of aliphatic hydroxyl groups excluding tert-OH is 1. The Morgan fingerprint density at radius 1 is 1.07 bits per heavy atom. The molecule has 2 aliphatic carbocycles. The van der Waals surface area contributed by atoms with Crippen LogP contribution in [0.5, 0.6) is 0 Å². The second-order valence-electron chi connectivity index (χ2n) is 5.00. The Morgan fingerprint density at radius 3 is 2.57 bits per heavy atom. The first-order chi connectivity index (χ1) is 6.90. The summed E-state index contributed by atoms with van der Waals surface area (Å²) >= 11 is 0. The Hall–Kier alpha value is -0.300. The van der Waals surface area contributed by atoms with Crippen molar-refractivity contribution in [3.8, 4) is 0 Å². The van der Waals surface area contributed by atoms with Crippen molar-refractivity contribution in [1.29, 1.82) is 0 Å². The van der Waals surface area contributed by atoms with Gasteiger partial charge in [-0.25, -0.2) is 0 Å². The Bertz CT molecular complexity index is 191. The van der Waals surface area contributed by atoms with Crippen LogP contribution in [0.2, 0.25) is 0 Å². The van der Waals surface area contributed by atoms with E-state index in [2.05, 4.69) is 12.2 Å². The van der Waals surface area contributed by atoms with Gasteiger partial charge in [0.25, 0.3) is 0 Å². The fourth-order valence-electron chi connectivity index (χ4n) is 3.14. The van der Waals surface area contributed by atoms with Gasteiger partial charge in [0.1, 0.15) is 0 Å². The molecule has 0 aromatic carbocycles. The van der Waals surface area contributed by atoms with Crippen molar-refractivity contribution < 1.29 is 5.11 Å². The van der Waals surface area contributed by atoms with Gasteiger partial charge in [0, 0.05) is 12.5 Å². The summed E-state index contributed by atoms with van der Waals surface area (Å²) in [6.07, 6.45) is 14.2. The Kier molecular flexibility index (Phi) is 3.63. The maximum Gasteiger partial charge on any atom is 0.0493 e. The number of hydrogen-bond donors (Lipinski definition) is 1. The summed E-state index contributed by atoms with van der Waals surface area (Å²) < 4.78 is 0. The second kappa shape index (κ2) is 4.97. The number of aliphatic hydroxyl groups is 1. The van der Waals surface area contributed by atoms with Gasteiger partial charge in [0.15, 0.2) is 0 Å². The molecule has 1 nitrogen and oxygen atoms in total. The lowest BCUT2D eigenvalue weighted by Crippen LogP contribution is -2.23. The first-order valence-corrected chi connectivity index (χ1v) is 6.17. The molecule has 0 aromatic rings. The number of rotatable bonds is 2. The molecule has 1 N–H and O–H groups in total. The molecule has 0 spiro atoms. The minimum atomic E-state index is 0.347. The lowest BCUT2D eigenvalue weighted by molar-refractivity contribution is 0.174. The highest BCUT2D eigenvalue weighted by molar-refractivity contribution is 4.97. The predicted octanol–water partition coefficient (Wildman–Crippen LogP) is 3.14. The van der Waals surface area contributed by atoms with Gasteiger partial charge < -0.3 is 5.11 Å². The van der Waals surface area contributed by atoms with Crippen molar-refractivity contribution in [3.63, 3.8) is 0 Å². The molecule has 1 fully saturated rings. The van der Waals surface area contributed by atoms with E-state index in [4.69, 9.17) is 5.11 Å². The minimum absolute atomic E-state index is 0.347. The van der Waals surface area contributed by atoms with Gasteiger partial charge >= 0.3 is 0 Å². The fraction of sp³-hybridized carbons (Fsp3) is 0.846. The maximum atomic E-state index is 9.16. The molecule has 2 rings (SSSR count). The van der Waals surface area contributed by atoms with E-state index in [0.29, 0.717) is 12.5 Å². The van der Waals surface area contributed by atoms with Crippen molar-refractivity contribution in [1.82, 2.24) is 0 Å². The second-order valence-corrected chi connectivity index (χ2v) is 5.00. The SMILES string of the molecule is OCC1C=CCC(C2CCCCC2)C1. The van der Waals surface area contributed by atoms with Gasteiger partial charge in [0.2, 0.25) is 0 Å². The van der Waals surface area contributed by atoms with Crippen LogP contribution in [0, 0.1) is 17.8 Å². The zero-order valence-corrected chi connectivity index (χ0v) is 8.99. The van der Waals surface area contributed by atoms with Crippen molar-refractivity contribution in [2.24, 2.45) is 17.8 Å². The van der Waals surface area contributed by atoms with E-state index < -0.39 is 0 Å². The molecule has 0 amide bonds. The quantitative estimate of drug-likeness (QED) is 0.670. The molecule has 0 saturated heterocycles. The molecule has 2 aliphatic rings. The van der Waals surface area contributed by atoms with Crippen LogP contribution in [0.3, 0.4) is 0 Å². The summed E-state index contributed by atoms with van der Waals surface area (Å²) in [6, 6.07) is 0. The zero-order valence-electron chi connectivity index (χ0n) is 8.99. The average molecular weight is 194 g/mol. The Morgan fingerprint density at radius 2 is 1.86 bits per heavy atom. The van der Waals surface area contributed by atoms with Gasteiger partial charge in [-0.15, -0.1) is 0 Å². The van der Waals surface area contributed by atoms with Crippen molar-refractivity contribution in [3.05, 3.63) is 12.2 Å². The van der Waals surface area contributed by atoms with Gasteiger partial charge in [-0.1, -0.05) is 44.3 Å². The summed E-state index contributed by atoms with van der Waals surface area (Å²) in [5, 5.41) is 9.16. The fourth-order valence-corrected chi connectivity index (χ4v) is 3.14. The highest BCUT2D eigenvalue weighted by atomic mass is 16.3. The van der Waals surface area contributed by atoms with Crippen LogP contribution in [0.1, 0.15) is 44.9 Å². The lowest BCUT2D eigenvalue weighted by Gasteiger charge is -2.33. The third-order valence-corrected chi connectivity index (χ3v) is 4.00. The van der Waals surface area contributed by atoms with Gasteiger partial charge in [-0.05, 0) is 24.7 Å². The minimum Gasteiger partial charge on any atom is -0.396 e. The molecule has 0 radical (unpaired) electrons. The van der Waals surface area contributed by atoms with Gasteiger partial charge in [-0.2, -0.15) is 0 Å². The molecule has 0 aromatic heterocycles. The van der Waals surface area contributed by atoms with Crippen LogP contribution in [-0.4, -0.2) is 11.7 Å². The molecular weight excluding hydrogens is 172 g/mol. The summed E-state index contributed by atoms with van der Waals surface area (Å²) in [5.41, 5.74) is 0. The Labute approximate surface area is 87.2 Å². The van der Waals surface area contributed by atoms with E-state index in [1.807, 2.05) is 0 Å². The van der Waals surface area contributed by atoms with Crippen molar-refractivity contribution >= 4 is 0 Å². The van der Waals surface area contributed by atoms with Crippen LogP contribution in [0.4, 0.5) is 0 Å². The maximum absolute atomic E-state index is 9.16. The van der Waals surface area contributed by atoms with Crippen LogP contribution < -0.4 is 0 Å². The molecule has 2 atom stereocenters. The first kappa shape index (κ1) is 10.2. The molecule has 1 heteroatoms. The summed E-state index contributed by atoms with van der Waals surface area (Å²) in [7, 11) is 0. The zero-order chi connectivity index (χ0) is 9.80. The van der Waals surface area contributed by atoms with Crippen molar-refractivity contribution in [2.45, 2.75) is 44.9 Å². The van der Waals surface area contributed by atoms with E-state index >= 15 is 0 Å². The standard InChI is InChI=1S/C13H22O/c14-10-11-5-4-8-13(9-11)12-6-2-1-3-7-12/h4-5,11-14H,1-3,6-10H2. The molecular formula is C13H22O. The average Bonchev–Trinajstić information content (AvgIpc) is 2.30. The number of hydrogen-bond acceptors (Lipinski definition) is 1. The van der Waals surface area contributed by atoms with Gasteiger partial charge in [0.05, 0.1) is 0 Å². The third kappa shape index (κ3) is 2.38. The van der Waals surface area contributed by atoms with Gasteiger partial charge in [-0.3, -0.25) is 0 Å². The largest absolute Gasteiger partial charge is 0.396 e. The van der Waals surface area contributed by atoms with E-state index in [1.165, 1.54) is 44.9 Å². The highest BCUT2D eigenvalue weighted by Crippen LogP contribution is 2.37. The van der Waals surface area contributed by atoms with E-state index in [1.54, 1.807) is 0 Å². The summed E-state index contributed by atoms with van der Waals surface area (Å²) in [4.78, 5) is 0. The monoisotopic (exact) mass is 194 g/mol. The Balaban J connectivity index is 1.88. The van der Waals surface area contributed by atoms with Crippen LogP contribution in [-0.2, 0) is 0 Å². The summed E-state index contributed by atoms with van der Waals surface area (Å²) in [5.74, 6) is 2.29. The smallest absolute Gasteiger partial charge is 0.0493 e. The van der Waals surface area contributed by atoms with E-state index in [9.17, 15) is 0 Å². The molecule has 0 heterocycles. The molecule has 0 bridgehead atoms. The van der Waals surface area contributed by atoms with E-state index in [-0.39, 0.29) is 0 Å². The van der Waals surface area contributed by atoms with E-state index in [0.717, 1.165) is 11.8 Å². The normalized spacial score (nSPS) is 34.6. The third-order valence-electron chi connectivity index (χ3n) is 4.00. The predicted molar refractivity (Wildman–Crippen MR) is 59.0 cm³/mol. The molecule has 0 aliphatic heterocycles. The number of allylic oxidation sites excluding steroid dienone is 1. The topological polar surface area (TPSA) is 20.2 Å². The molecule has 14 heavy (non-hydrogen) atoms. The van der Waals surface area contributed by atoms with Crippen LogP contribution >= 0.6 is 0 Å². The lowest BCUT2D eigenvalue weighted by atomic mass is 9.73. The molecule has 1 saturated carbocycles. The molecule has 80 valence electrons. The van der Waals surface area contributed by atoms with Crippen LogP contribution in [0.25, 0.3) is 0 Å². The summed E-state index contributed by atoms with van der Waals surface area (Å²) in [6.45, 7) is 0.347. The highest BCUT2D eigenvalue weighted by Gasteiger charge is 2.26.